The highest BCUT2D eigenvalue weighted by molar-refractivity contribution is 7.68. The van der Waals surface area contributed by atoms with E-state index in [4.69, 9.17) is 0 Å². The van der Waals surface area contributed by atoms with Crippen LogP contribution in [0, 0.1) is 0 Å². The van der Waals surface area contributed by atoms with Gasteiger partial charge in [-0.05, 0) is 16.7 Å². The molecular formula is C21H22OP+. The zero-order valence-electron chi connectivity index (χ0n) is 13.2. The Kier molecular flexibility index (Phi) is 5.23. The molecule has 0 fully saturated rings. The summed E-state index contributed by atoms with van der Waals surface area (Å²) >= 11 is 0. The molecule has 0 bridgehead atoms. The Morgan fingerprint density at radius 1 is 0.478 bits per heavy atom. The molecule has 116 valence electrons. The van der Waals surface area contributed by atoms with Crippen LogP contribution in [0.2, 0.25) is 0 Å². The Labute approximate surface area is 139 Å². The molecule has 0 saturated heterocycles. The summed E-state index contributed by atoms with van der Waals surface area (Å²) in [5.41, 5.74) is 3.65. The summed E-state index contributed by atoms with van der Waals surface area (Å²) < 4.78 is 0. The zero-order chi connectivity index (χ0) is 16.0. The topological polar surface area (TPSA) is 20.2 Å². The minimum absolute atomic E-state index is 0.762. The molecule has 0 spiro atoms. The molecule has 2 heteroatoms. The first-order valence-corrected chi connectivity index (χ1v) is 10.2. The summed E-state index contributed by atoms with van der Waals surface area (Å²) in [6.07, 6.45) is 2.28. The molecule has 0 atom stereocenters. The highest BCUT2D eigenvalue weighted by Crippen LogP contribution is 2.62. The van der Waals surface area contributed by atoms with Gasteiger partial charge in [-0.25, -0.2) is 0 Å². The van der Waals surface area contributed by atoms with Crippen molar-refractivity contribution in [2.24, 2.45) is 0 Å². The smallest absolute Gasteiger partial charge is 0.155 e. The van der Waals surface area contributed by atoms with E-state index >= 15 is 0 Å². The van der Waals surface area contributed by atoms with Crippen LogP contribution >= 0.6 is 7.49 Å². The lowest BCUT2D eigenvalue weighted by Gasteiger charge is -2.21. The molecule has 1 nitrogen and oxygen atoms in total. The largest absolute Gasteiger partial charge is 0.251 e. The lowest BCUT2D eigenvalue weighted by Crippen LogP contribution is -2.04. The highest BCUT2D eigenvalue weighted by Gasteiger charge is 2.36. The van der Waals surface area contributed by atoms with Gasteiger partial charge < -0.3 is 0 Å². The molecule has 1 N–H and O–H groups in total. The van der Waals surface area contributed by atoms with Crippen LogP contribution < -0.4 is 0 Å². The van der Waals surface area contributed by atoms with Gasteiger partial charge in [0.15, 0.2) is 7.49 Å². The normalized spacial score (nSPS) is 11.3. The average molecular weight is 321 g/mol. The van der Waals surface area contributed by atoms with Gasteiger partial charge >= 0.3 is 0 Å². The van der Waals surface area contributed by atoms with Crippen molar-refractivity contribution in [2.45, 2.75) is 18.5 Å². The maximum atomic E-state index is 11.5. The third-order valence-electron chi connectivity index (χ3n) is 3.96. The SMILES string of the molecule is O[P+](Cc1ccccc1)(Cc1ccccc1)Cc1ccccc1. The Bertz CT molecular complexity index is 609. The molecule has 3 aromatic rings. The van der Waals surface area contributed by atoms with E-state index in [-0.39, 0.29) is 0 Å². The number of hydrogen-bond donors (Lipinski definition) is 1. The molecule has 0 aliphatic rings. The molecule has 0 unspecified atom stereocenters. The second-order valence-electron chi connectivity index (χ2n) is 6.03. The quantitative estimate of drug-likeness (QED) is 0.593. The van der Waals surface area contributed by atoms with Crippen molar-refractivity contribution in [2.75, 3.05) is 0 Å². The second-order valence-corrected chi connectivity index (χ2v) is 9.17. The fraction of sp³-hybridized carbons (Fsp3) is 0.143. The molecule has 0 aliphatic carbocycles. The first-order valence-electron chi connectivity index (χ1n) is 7.94. The van der Waals surface area contributed by atoms with E-state index < -0.39 is 7.49 Å². The Morgan fingerprint density at radius 3 is 1.00 bits per heavy atom. The van der Waals surface area contributed by atoms with E-state index in [1.165, 1.54) is 16.7 Å². The number of rotatable bonds is 6. The van der Waals surface area contributed by atoms with Crippen LogP contribution in [0.25, 0.3) is 0 Å². The maximum absolute atomic E-state index is 11.5. The maximum Gasteiger partial charge on any atom is 0.155 e. The highest BCUT2D eigenvalue weighted by atomic mass is 31.2. The first-order chi connectivity index (χ1) is 11.2. The molecule has 0 aromatic heterocycles. The van der Waals surface area contributed by atoms with Gasteiger partial charge in [0.2, 0.25) is 0 Å². The van der Waals surface area contributed by atoms with Crippen molar-refractivity contribution in [1.82, 2.24) is 0 Å². The number of hydrogen-bond acceptors (Lipinski definition) is 1. The van der Waals surface area contributed by atoms with Crippen molar-refractivity contribution in [3.63, 3.8) is 0 Å². The molecule has 23 heavy (non-hydrogen) atoms. The van der Waals surface area contributed by atoms with Crippen LogP contribution in [0.15, 0.2) is 91.0 Å². The van der Waals surface area contributed by atoms with Crippen LogP contribution in [0.1, 0.15) is 16.7 Å². The Hall–Kier alpha value is -1.95. The van der Waals surface area contributed by atoms with Gasteiger partial charge in [-0.2, -0.15) is 0 Å². The minimum atomic E-state index is -2.14. The molecule has 0 saturated carbocycles. The lowest BCUT2D eigenvalue weighted by atomic mass is 10.2. The fourth-order valence-corrected chi connectivity index (χ4v) is 5.94. The molecule has 0 amide bonds. The van der Waals surface area contributed by atoms with E-state index in [0.29, 0.717) is 0 Å². The Morgan fingerprint density at radius 2 is 0.739 bits per heavy atom. The summed E-state index contributed by atoms with van der Waals surface area (Å²) in [7, 11) is -2.14. The predicted octanol–water partition coefficient (Wildman–Crippen LogP) is 5.51. The van der Waals surface area contributed by atoms with E-state index in [1.54, 1.807) is 0 Å². The molecule has 3 rings (SSSR count). The second kappa shape index (κ2) is 7.55. The summed E-state index contributed by atoms with van der Waals surface area (Å²) in [6.45, 7) is 0. The average Bonchev–Trinajstić information content (AvgIpc) is 2.57. The van der Waals surface area contributed by atoms with Crippen molar-refractivity contribution in [3.8, 4) is 0 Å². The standard InChI is InChI=1S/C21H22OP/c22-23(16-19-10-4-1-5-11-19,17-20-12-6-2-7-13-20)18-21-14-8-3-9-15-21/h1-15,22H,16-18H2/q+1. The molecule has 3 aromatic carbocycles. The van der Waals surface area contributed by atoms with E-state index in [9.17, 15) is 4.89 Å². The summed E-state index contributed by atoms with van der Waals surface area (Å²) in [4.78, 5) is 11.5. The third-order valence-corrected chi connectivity index (χ3v) is 6.82. The van der Waals surface area contributed by atoms with E-state index in [1.807, 2.05) is 54.6 Å². The van der Waals surface area contributed by atoms with Crippen molar-refractivity contribution < 1.29 is 4.89 Å². The minimum Gasteiger partial charge on any atom is -0.251 e. The van der Waals surface area contributed by atoms with Crippen LogP contribution in [-0.4, -0.2) is 4.89 Å². The van der Waals surface area contributed by atoms with Gasteiger partial charge in [-0.3, -0.25) is 4.89 Å². The Balaban J connectivity index is 1.85. The summed E-state index contributed by atoms with van der Waals surface area (Å²) in [6, 6.07) is 31.0. The van der Waals surface area contributed by atoms with Crippen molar-refractivity contribution in [1.29, 1.82) is 0 Å². The molecular weight excluding hydrogens is 299 g/mol. The fourth-order valence-electron chi connectivity index (χ4n) is 2.94. The lowest BCUT2D eigenvalue weighted by molar-refractivity contribution is 0.592. The first kappa shape index (κ1) is 15.9. The van der Waals surface area contributed by atoms with Gasteiger partial charge in [0.1, 0.15) is 18.5 Å². The van der Waals surface area contributed by atoms with Gasteiger partial charge in [0.25, 0.3) is 0 Å². The van der Waals surface area contributed by atoms with Crippen LogP contribution in [0.3, 0.4) is 0 Å². The van der Waals surface area contributed by atoms with Crippen LogP contribution in [-0.2, 0) is 18.5 Å². The van der Waals surface area contributed by atoms with Crippen molar-refractivity contribution in [3.05, 3.63) is 108 Å². The zero-order valence-corrected chi connectivity index (χ0v) is 14.1. The summed E-state index contributed by atoms with van der Waals surface area (Å²) in [5, 5.41) is 0. The van der Waals surface area contributed by atoms with Gasteiger partial charge in [0, 0.05) is 0 Å². The number of benzene rings is 3. The summed E-state index contributed by atoms with van der Waals surface area (Å²) in [5.74, 6) is 0. The van der Waals surface area contributed by atoms with Crippen LogP contribution in [0.5, 0.6) is 0 Å². The molecule has 0 heterocycles. The van der Waals surface area contributed by atoms with Crippen molar-refractivity contribution >= 4 is 7.49 Å². The molecule has 0 aliphatic heterocycles. The van der Waals surface area contributed by atoms with E-state index in [0.717, 1.165) is 18.5 Å². The monoisotopic (exact) mass is 321 g/mol. The third kappa shape index (κ3) is 4.76. The van der Waals surface area contributed by atoms with E-state index in [2.05, 4.69) is 36.4 Å². The van der Waals surface area contributed by atoms with Crippen LogP contribution in [0.4, 0.5) is 0 Å². The predicted molar refractivity (Wildman–Crippen MR) is 99.6 cm³/mol. The molecule has 0 radical (unpaired) electrons. The van der Waals surface area contributed by atoms with Gasteiger partial charge in [-0.15, -0.1) is 0 Å². The van der Waals surface area contributed by atoms with Gasteiger partial charge in [-0.1, -0.05) is 91.0 Å². The van der Waals surface area contributed by atoms with Gasteiger partial charge in [0.05, 0.1) is 0 Å².